The Morgan fingerprint density at radius 1 is 1.14 bits per heavy atom. The number of aromatic amines is 1. The smallest absolute Gasteiger partial charge is 0.182 e. The molecule has 1 N–H and O–H groups in total. The van der Waals surface area contributed by atoms with Crippen LogP contribution in [0, 0.1) is 4.77 Å². The van der Waals surface area contributed by atoms with Crippen molar-refractivity contribution in [2.75, 3.05) is 7.11 Å². The van der Waals surface area contributed by atoms with Crippen molar-refractivity contribution in [3.8, 4) is 11.4 Å². The van der Waals surface area contributed by atoms with E-state index in [2.05, 4.69) is 36.2 Å². The first-order chi connectivity index (χ1) is 10.2. The maximum Gasteiger partial charge on any atom is 0.182 e. The highest BCUT2D eigenvalue weighted by atomic mass is 32.1. The zero-order valence-electron chi connectivity index (χ0n) is 12.2. The molecule has 3 aromatic rings. The van der Waals surface area contributed by atoms with Gasteiger partial charge in [-0.3, -0.25) is 4.57 Å². The van der Waals surface area contributed by atoms with E-state index in [1.807, 2.05) is 22.8 Å². The average Bonchev–Trinajstić information content (AvgIpc) is 2.83. The van der Waals surface area contributed by atoms with Crippen LogP contribution in [0.15, 0.2) is 42.5 Å². The lowest BCUT2D eigenvalue weighted by Crippen LogP contribution is -1.95. The molecule has 3 nitrogen and oxygen atoms in total. The summed E-state index contributed by atoms with van der Waals surface area (Å²) in [5.74, 6) is 0.827. The van der Waals surface area contributed by atoms with Gasteiger partial charge in [0.15, 0.2) is 4.77 Å². The van der Waals surface area contributed by atoms with Crippen molar-refractivity contribution in [3.05, 3.63) is 52.8 Å². The lowest BCUT2D eigenvalue weighted by molar-refractivity contribution is 0.415. The van der Waals surface area contributed by atoms with Gasteiger partial charge in [0.25, 0.3) is 0 Å². The molecule has 2 aromatic carbocycles. The van der Waals surface area contributed by atoms with Crippen molar-refractivity contribution in [1.82, 2.24) is 9.55 Å². The van der Waals surface area contributed by atoms with E-state index in [4.69, 9.17) is 17.0 Å². The predicted molar refractivity (Wildman–Crippen MR) is 89.0 cm³/mol. The van der Waals surface area contributed by atoms with Crippen molar-refractivity contribution >= 4 is 23.3 Å². The minimum Gasteiger partial charge on any atom is -0.497 e. The molecule has 0 atom stereocenters. The Bertz CT molecular complexity index is 815. The number of methoxy groups -OCH3 is 1. The van der Waals surface area contributed by atoms with E-state index in [1.54, 1.807) is 7.11 Å². The summed E-state index contributed by atoms with van der Waals surface area (Å²) < 4.78 is 8.05. The summed E-state index contributed by atoms with van der Waals surface area (Å²) in [6, 6.07) is 14.5. The molecule has 3 rings (SSSR count). The van der Waals surface area contributed by atoms with E-state index in [0.29, 0.717) is 4.77 Å². The fourth-order valence-corrected chi connectivity index (χ4v) is 2.88. The van der Waals surface area contributed by atoms with Crippen molar-refractivity contribution in [2.24, 2.45) is 0 Å². The van der Waals surface area contributed by atoms with E-state index in [1.165, 1.54) is 5.56 Å². The summed E-state index contributed by atoms with van der Waals surface area (Å²) in [5, 5.41) is 0. The topological polar surface area (TPSA) is 29.9 Å². The number of benzene rings is 2. The van der Waals surface area contributed by atoms with E-state index in [0.717, 1.165) is 35.3 Å². The summed E-state index contributed by atoms with van der Waals surface area (Å²) in [7, 11) is 1.67. The SMILES string of the molecule is CCCc1ccc(-n2c(=S)[nH]c3ccc(OC)cc32)cc1. The summed E-state index contributed by atoms with van der Waals surface area (Å²) in [6.45, 7) is 2.19. The van der Waals surface area contributed by atoms with Crippen molar-refractivity contribution in [1.29, 1.82) is 0 Å². The van der Waals surface area contributed by atoms with Crippen LogP contribution in [0.4, 0.5) is 0 Å². The number of nitrogens with zero attached hydrogens (tertiary/aromatic N) is 1. The van der Waals surface area contributed by atoms with Crippen LogP contribution in [0.2, 0.25) is 0 Å². The molecular formula is C17H18N2OS. The Hall–Kier alpha value is -2.07. The molecule has 0 aliphatic carbocycles. The molecule has 0 amide bonds. The number of fused-ring (bicyclic) bond motifs is 1. The summed E-state index contributed by atoms with van der Waals surface area (Å²) in [6.07, 6.45) is 2.26. The average molecular weight is 298 g/mol. The van der Waals surface area contributed by atoms with Gasteiger partial charge < -0.3 is 9.72 Å². The largest absolute Gasteiger partial charge is 0.497 e. The minimum absolute atomic E-state index is 0.696. The molecule has 108 valence electrons. The number of hydrogen-bond donors (Lipinski definition) is 1. The third-order valence-electron chi connectivity index (χ3n) is 3.62. The third-order valence-corrected chi connectivity index (χ3v) is 3.91. The van der Waals surface area contributed by atoms with E-state index >= 15 is 0 Å². The Morgan fingerprint density at radius 3 is 2.57 bits per heavy atom. The van der Waals surface area contributed by atoms with Crippen LogP contribution in [-0.2, 0) is 6.42 Å². The number of aromatic nitrogens is 2. The molecule has 0 unspecified atom stereocenters. The molecule has 0 bridgehead atoms. The first kappa shape index (κ1) is 13.9. The Morgan fingerprint density at radius 2 is 1.90 bits per heavy atom. The molecule has 0 aliphatic rings. The highest BCUT2D eigenvalue weighted by molar-refractivity contribution is 7.71. The number of H-pyrrole nitrogens is 1. The molecule has 1 heterocycles. The van der Waals surface area contributed by atoms with Gasteiger partial charge in [-0.15, -0.1) is 0 Å². The standard InChI is InChI=1S/C17H18N2OS/c1-3-4-12-5-7-13(8-6-12)19-16-11-14(20-2)9-10-15(16)18-17(19)21/h5-11H,3-4H2,1-2H3,(H,18,21). The van der Waals surface area contributed by atoms with Gasteiger partial charge in [0, 0.05) is 11.8 Å². The summed E-state index contributed by atoms with van der Waals surface area (Å²) >= 11 is 5.47. The second-order valence-electron chi connectivity index (χ2n) is 5.07. The molecule has 0 aliphatic heterocycles. The Balaban J connectivity index is 2.14. The molecule has 1 aromatic heterocycles. The Kier molecular flexibility index (Phi) is 3.80. The molecular weight excluding hydrogens is 280 g/mol. The fraction of sp³-hybridized carbons (Fsp3) is 0.235. The molecule has 4 heteroatoms. The molecule has 0 radical (unpaired) electrons. The van der Waals surface area contributed by atoms with Crippen molar-refractivity contribution < 1.29 is 4.74 Å². The van der Waals surface area contributed by atoms with Crippen LogP contribution in [0.25, 0.3) is 16.7 Å². The molecule has 0 fully saturated rings. The van der Waals surface area contributed by atoms with E-state index < -0.39 is 0 Å². The van der Waals surface area contributed by atoms with Crippen LogP contribution in [0.3, 0.4) is 0 Å². The lowest BCUT2D eigenvalue weighted by Gasteiger charge is -2.07. The second-order valence-corrected chi connectivity index (χ2v) is 5.45. The van der Waals surface area contributed by atoms with E-state index in [9.17, 15) is 0 Å². The highest BCUT2D eigenvalue weighted by Gasteiger charge is 2.07. The quantitative estimate of drug-likeness (QED) is 0.711. The van der Waals surface area contributed by atoms with Crippen LogP contribution in [-0.4, -0.2) is 16.7 Å². The highest BCUT2D eigenvalue weighted by Crippen LogP contribution is 2.24. The van der Waals surface area contributed by atoms with Gasteiger partial charge in [0.2, 0.25) is 0 Å². The zero-order valence-corrected chi connectivity index (χ0v) is 13.0. The first-order valence-electron chi connectivity index (χ1n) is 7.11. The lowest BCUT2D eigenvalue weighted by atomic mass is 10.1. The number of imidazole rings is 1. The van der Waals surface area contributed by atoms with E-state index in [-0.39, 0.29) is 0 Å². The van der Waals surface area contributed by atoms with Gasteiger partial charge in [0.1, 0.15) is 5.75 Å². The second kappa shape index (κ2) is 5.74. The minimum atomic E-state index is 0.696. The first-order valence-corrected chi connectivity index (χ1v) is 7.52. The predicted octanol–water partition coefficient (Wildman–Crippen LogP) is 4.65. The number of nitrogens with one attached hydrogen (secondary N) is 1. The fourth-order valence-electron chi connectivity index (χ4n) is 2.57. The van der Waals surface area contributed by atoms with Crippen LogP contribution >= 0.6 is 12.2 Å². The molecule has 0 saturated heterocycles. The molecule has 0 saturated carbocycles. The summed E-state index contributed by atoms with van der Waals surface area (Å²) in [5.41, 5.74) is 4.46. The summed E-state index contributed by atoms with van der Waals surface area (Å²) in [4.78, 5) is 3.24. The number of ether oxygens (including phenoxy) is 1. The number of aryl methyl sites for hydroxylation is 1. The molecule has 0 spiro atoms. The van der Waals surface area contributed by atoms with Gasteiger partial charge in [0.05, 0.1) is 18.1 Å². The van der Waals surface area contributed by atoms with Crippen LogP contribution < -0.4 is 4.74 Å². The number of hydrogen-bond acceptors (Lipinski definition) is 2. The maximum absolute atomic E-state index is 5.47. The maximum atomic E-state index is 5.47. The van der Waals surface area contributed by atoms with Gasteiger partial charge >= 0.3 is 0 Å². The van der Waals surface area contributed by atoms with Gasteiger partial charge in [-0.05, 0) is 48.5 Å². The van der Waals surface area contributed by atoms with Gasteiger partial charge in [-0.25, -0.2) is 0 Å². The van der Waals surface area contributed by atoms with Crippen molar-refractivity contribution in [3.63, 3.8) is 0 Å². The molecule has 21 heavy (non-hydrogen) atoms. The Labute approximate surface area is 129 Å². The third kappa shape index (κ3) is 2.59. The van der Waals surface area contributed by atoms with Crippen molar-refractivity contribution in [2.45, 2.75) is 19.8 Å². The van der Waals surface area contributed by atoms with Gasteiger partial charge in [-0.1, -0.05) is 25.5 Å². The monoisotopic (exact) mass is 298 g/mol. The van der Waals surface area contributed by atoms with Gasteiger partial charge in [-0.2, -0.15) is 0 Å². The normalized spacial score (nSPS) is 11.0. The zero-order chi connectivity index (χ0) is 14.8. The van der Waals surface area contributed by atoms with Crippen LogP contribution in [0.5, 0.6) is 5.75 Å². The van der Waals surface area contributed by atoms with Crippen LogP contribution in [0.1, 0.15) is 18.9 Å². The number of rotatable bonds is 4.